The van der Waals surface area contributed by atoms with Crippen molar-refractivity contribution in [1.82, 2.24) is 5.32 Å². The van der Waals surface area contributed by atoms with Crippen LogP contribution < -0.4 is 5.32 Å². The first kappa shape index (κ1) is 16.0. The molecule has 7 heteroatoms. The second kappa shape index (κ2) is 6.91. The zero-order valence-corrected chi connectivity index (χ0v) is 13.1. The summed E-state index contributed by atoms with van der Waals surface area (Å²) in [6, 6.07) is -0.339. The number of hydrogen-bond donors (Lipinski definition) is 1. The van der Waals surface area contributed by atoms with Crippen LogP contribution in [0.5, 0.6) is 0 Å². The topological polar surface area (TPSA) is 55.4 Å². The first-order valence-corrected chi connectivity index (χ1v) is 8.74. The van der Waals surface area contributed by atoms with E-state index in [-0.39, 0.29) is 22.7 Å². The normalized spacial score (nSPS) is 26.2. The van der Waals surface area contributed by atoms with Crippen molar-refractivity contribution in [2.45, 2.75) is 38.1 Å². The average molecular weight is 314 g/mol. The highest BCUT2D eigenvalue weighted by atomic mass is 35.5. The van der Waals surface area contributed by atoms with Gasteiger partial charge in [-0.2, -0.15) is 0 Å². The summed E-state index contributed by atoms with van der Waals surface area (Å²) in [6.45, 7) is 4.85. The third kappa shape index (κ3) is 5.71. The Morgan fingerprint density at radius 2 is 2.17 bits per heavy atom. The summed E-state index contributed by atoms with van der Waals surface area (Å²) in [5.41, 5.74) is 0. The number of nitrogens with one attached hydrogen (secondary N) is 1. The maximum absolute atomic E-state index is 11.4. The molecule has 0 saturated carbocycles. The van der Waals surface area contributed by atoms with Crippen LogP contribution in [0.3, 0.4) is 0 Å². The first-order valence-electron chi connectivity index (χ1n) is 6.08. The van der Waals surface area contributed by atoms with Gasteiger partial charge >= 0.3 is 0 Å². The van der Waals surface area contributed by atoms with Crippen LogP contribution in [0, 0.1) is 5.92 Å². The summed E-state index contributed by atoms with van der Waals surface area (Å²) < 4.78 is 28.1. The van der Waals surface area contributed by atoms with Crippen molar-refractivity contribution in [2.24, 2.45) is 5.92 Å². The fraction of sp³-hybridized carbons (Fsp3) is 0.909. The molecule has 0 bridgehead atoms. The molecule has 2 atom stereocenters. The van der Waals surface area contributed by atoms with Crippen LogP contribution in [0.2, 0.25) is 0 Å². The number of sulfone groups is 1. The van der Waals surface area contributed by atoms with Crippen molar-refractivity contribution in [1.29, 1.82) is 0 Å². The van der Waals surface area contributed by atoms with Gasteiger partial charge in [-0.15, -0.1) is 11.6 Å². The minimum atomic E-state index is -3.04. The molecular formula is C11H20ClNO3S2. The molecule has 4 nitrogen and oxygen atoms in total. The molecule has 0 unspecified atom stereocenters. The monoisotopic (exact) mass is 313 g/mol. The minimum absolute atomic E-state index is 0.00217. The largest absolute Gasteiger partial charge is 0.471 e. The summed E-state index contributed by atoms with van der Waals surface area (Å²) in [6.07, 6.45) is 2.02. The van der Waals surface area contributed by atoms with E-state index < -0.39 is 15.2 Å². The number of alkyl halides is 1. The fourth-order valence-electron chi connectivity index (χ4n) is 1.79. The predicted molar refractivity (Wildman–Crippen MR) is 77.8 cm³/mol. The standard InChI is InChI=1S/C11H20ClNO3S2/c1-8(2)4-3-5-16-11(17)13-10-7-18(14,15)6-9(10)12/h8-10H,3-7H2,1-2H3,(H,13,17)/t9-,10-/m0/s1. The number of halogens is 1. The Morgan fingerprint density at radius 3 is 2.67 bits per heavy atom. The van der Waals surface area contributed by atoms with Crippen molar-refractivity contribution in [3.63, 3.8) is 0 Å². The number of thiocarbonyl (C=S) groups is 1. The highest BCUT2D eigenvalue weighted by molar-refractivity contribution is 7.91. The molecule has 1 aliphatic rings. The van der Waals surface area contributed by atoms with Crippen molar-refractivity contribution < 1.29 is 13.2 Å². The Labute approximate surface area is 119 Å². The van der Waals surface area contributed by atoms with E-state index in [2.05, 4.69) is 19.2 Å². The van der Waals surface area contributed by atoms with Gasteiger partial charge in [0, 0.05) is 0 Å². The lowest BCUT2D eigenvalue weighted by atomic mass is 10.1. The highest BCUT2D eigenvalue weighted by Gasteiger charge is 2.36. The molecule has 1 heterocycles. The Balaban J connectivity index is 2.24. The van der Waals surface area contributed by atoms with E-state index >= 15 is 0 Å². The van der Waals surface area contributed by atoms with E-state index in [1.54, 1.807) is 0 Å². The smallest absolute Gasteiger partial charge is 0.256 e. The van der Waals surface area contributed by atoms with Gasteiger partial charge in [-0.25, -0.2) is 8.42 Å². The highest BCUT2D eigenvalue weighted by Crippen LogP contribution is 2.18. The van der Waals surface area contributed by atoms with E-state index in [0.717, 1.165) is 12.8 Å². The molecule has 0 aromatic carbocycles. The SMILES string of the molecule is CC(C)CCCOC(=S)N[C@H]1CS(=O)(=O)C[C@@H]1Cl. The van der Waals surface area contributed by atoms with E-state index in [4.69, 9.17) is 28.6 Å². The first-order chi connectivity index (χ1) is 8.30. The average Bonchev–Trinajstić information content (AvgIpc) is 2.46. The molecule has 1 rings (SSSR count). The molecule has 18 heavy (non-hydrogen) atoms. The van der Waals surface area contributed by atoms with Gasteiger partial charge < -0.3 is 10.1 Å². The van der Waals surface area contributed by atoms with Gasteiger partial charge in [-0.3, -0.25) is 0 Å². The van der Waals surface area contributed by atoms with E-state index in [9.17, 15) is 8.42 Å². The van der Waals surface area contributed by atoms with Gasteiger partial charge in [0.1, 0.15) is 0 Å². The van der Waals surface area contributed by atoms with Crippen molar-refractivity contribution in [3.8, 4) is 0 Å². The zero-order chi connectivity index (χ0) is 13.8. The van der Waals surface area contributed by atoms with Gasteiger partial charge in [0.25, 0.3) is 5.17 Å². The van der Waals surface area contributed by atoms with Crippen LogP contribution in [0.25, 0.3) is 0 Å². The molecule has 0 radical (unpaired) electrons. The maximum Gasteiger partial charge on any atom is 0.256 e. The molecule has 0 aromatic heterocycles. The quantitative estimate of drug-likeness (QED) is 0.476. The Morgan fingerprint density at radius 1 is 1.50 bits per heavy atom. The third-order valence-corrected chi connectivity index (χ3v) is 5.36. The van der Waals surface area contributed by atoms with Crippen LogP contribution in [0.15, 0.2) is 0 Å². The van der Waals surface area contributed by atoms with E-state index in [0.29, 0.717) is 12.5 Å². The number of hydrogen-bond acceptors (Lipinski definition) is 4. The van der Waals surface area contributed by atoms with Crippen molar-refractivity contribution in [3.05, 3.63) is 0 Å². The lowest BCUT2D eigenvalue weighted by molar-refractivity contribution is 0.277. The van der Waals surface area contributed by atoms with Gasteiger partial charge in [-0.1, -0.05) is 13.8 Å². The fourth-order valence-corrected chi connectivity index (χ4v) is 4.57. The second-order valence-corrected chi connectivity index (χ2v) is 8.10. The molecule has 0 amide bonds. The van der Waals surface area contributed by atoms with Gasteiger partial charge in [-0.05, 0) is 31.0 Å². The predicted octanol–water partition coefficient (Wildman–Crippen LogP) is 1.72. The molecular weight excluding hydrogens is 294 g/mol. The Kier molecular flexibility index (Phi) is 6.14. The molecule has 0 aromatic rings. The lowest BCUT2D eigenvalue weighted by Crippen LogP contribution is -2.40. The molecule has 0 spiro atoms. The van der Waals surface area contributed by atoms with Crippen LogP contribution in [-0.2, 0) is 14.6 Å². The summed E-state index contributed by atoms with van der Waals surface area (Å²) in [7, 11) is -3.04. The van der Waals surface area contributed by atoms with Crippen LogP contribution >= 0.6 is 23.8 Å². The van der Waals surface area contributed by atoms with Crippen molar-refractivity contribution in [2.75, 3.05) is 18.1 Å². The molecule has 1 saturated heterocycles. The number of rotatable bonds is 5. The maximum atomic E-state index is 11.4. The van der Waals surface area contributed by atoms with Gasteiger partial charge in [0.15, 0.2) is 9.84 Å². The Bertz CT molecular complexity index is 384. The number of ether oxygens (including phenoxy) is 1. The van der Waals surface area contributed by atoms with Gasteiger partial charge in [0.05, 0.1) is 29.5 Å². The molecule has 1 N–H and O–H groups in total. The van der Waals surface area contributed by atoms with Gasteiger partial charge in [0.2, 0.25) is 0 Å². The van der Waals surface area contributed by atoms with Crippen LogP contribution in [-0.4, -0.2) is 43.1 Å². The van der Waals surface area contributed by atoms with Crippen LogP contribution in [0.4, 0.5) is 0 Å². The summed E-state index contributed by atoms with van der Waals surface area (Å²) in [4.78, 5) is 0. The third-order valence-electron chi connectivity index (χ3n) is 2.75. The van der Waals surface area contributed by atoms with Crippen molar-refractivity contribution >= 4 is 38.8 Å². The molecule has 1 fully saturated rings. The Hall–Kier alpha value is -0.0700. The molecule has 0 aliphatic carbocycles. The second-order valence-electron chi connectivity index (χ2n) is 5.02. The van der Waals surface area contributed by atoms with E-state index in [1.807, 2.05) is 0 Å². The lowest BCUT2D eigenvalue weighted by Gasteiger charge is -2.16. The summed E-state index contributed by atoms with van der Waals surface area (Å²) >= 11 is 11.0. The van der Waals surface area contributed by atoms with E-state index in [1.165, 1.54) is 0 Å². The molecule has 106 valence electrons. The van der Waals surface area contributed by atoms with Crippen LogP contribution in [0.1, 0.15) is 26.7 Å². The molecule has 1 aliphatic heterocycles. The summed E-state index contributed by atoms with van der Waals surface area (Å²) in [5, 5.41) is 2.67. The zero-order valence-electron chi connectivity index (χ0n) is 10.7. The summed E-state index contributed by atoms with van der Waals surface area (Å²) in [5.74, 6) is 0.668. The minimum Gasteiger partial charge on any atom is -0.471 e.